The molecule has 0 fully saturated rings. The van der Waals surface area contributed by atoms with Gasteiger partial charge < -0.3 is 0 Å². The van der Waals surface area contributed by atoms with Gasteiger partial charge in [0.2, 0.25) is 0 Å². The summed E-state index contributed by atoms with van der Waals surface area (Å²) in [7, 11) is -3.59. The van der Waals surface area contributed by atoms with Gasteiger partial charge in [0, 0.05) is 10.7 Å². The van der Waals surface area contributed by atoms with Crippen LogP contribution in [0, 0.1) is 0 Å². The summed E-state index contributed by atoms with van der Waals surface area (Å²) in [6, 6.07) is 7.74. The van der Waals surface area contributed by atoms with Crippen LogP contribution in [0.4, 0.5) is 5.69 Å². The highest BCUT2D eigenvalue weighted by molar-refractivity contribution is 7.92. The van der Waals surface area contributed by atoms with E-state index in [-0.39, 0.29) is 5.03 Å². The maximum atomic E-state index is 11.7. The van der Waals surface area contributed by atoms with Crippen molar-refractivity contribution in [1.82, 2.24) is 10.2 Å². The van der Waals surface area contributed by atoms with Crippen LogP contribution in [-0.4, -0.2) is 18.6 Å². The molecule has 7 heteroatoms. The zero-order valence-electron chi connectivity index (χ0n) is 8.01. The average molecular weight is 258 g/mol. The third-order valence-electron chi connectivity index (χ3n) is 1.86. The van der Waals surface area contributed by atoms with Gasteiger partial charge in [-0.2, -0.15) is 13.5 Å². The minimum Gasteiger partial charge on any atom is -0.278 e. The van der Waals surface area contributed by atoms with E-state index in [9.17, 15) is 8.42 Å². The molecule has 1 aromatic carbocycles. The molecule has 0 unspecified atom stereocenters. The summed E-state index contributed by atoms with van der Waals surface area (Å²) in [6.07, 6.45) is 1.37. The van der Waals surface area contributed by atoms with E-state index in [0.717, 1.165) is 0 Å². The van der Waals surface area contributed by atoms with E-state index in [4.69, 9.17) is 11.6 Å². The molecule has 0 aliphatic heterocycles. The maximum Gasteiger partial charge on any atom is 0.278 e. The lowest BCUT2D eigenvalue weighted by atomic mass is 10.3. The largest absolute Gasteiger partial charge is 0.278 e. The van der Waals surface area contributed by atoms with Crippen molar-refractivity contribution >= 4 is 27.3 Å². The number of hydrogen-bond donors (Lipinski definition) is 2. The Morgan fingerprint density at radius 2 is 1.88 bits per heavy atom. The standard InChI is InChI=1S/C9H8ClN3O2S/c10-7-1-3-8(4-2-7)13-16(14,15)9-5-6-11-12-9/h1-6,13H,(H,11,12). The number of sulfonamides is 1. The third-order valence-corrected chi connectivity index (χ3v) is 3.42. The Morgan fingerprint density at radius 3 is 2.44 bits per heavy atom. The Hall–Kier alpha value is -1.53. The summed E-state index contributed by atoms with van der Waals surface area (Å²) in [5.41, 5.74) is 0.444. The quantitative estimate of drug-likeness (QED) is 0.881. The molecule has 0 spiro atoms. The number of H-pyrrole nitrogens is 1. The highest BCUT2D eigenvalue weighted by Gasteiger charge is 2.14. The molecule has 2 N–H and O–H groups in total. The van der Waals surface area contributed by atoms with Crippen LogP contribution < -0.4 is 4.72 Å². The van der Waals surface area contributed by atoms with Crippen LogP contribution in [0.3, 0.4) is 0 Å². The van der Waals surface area contributed by atoms with Crippen molar-refractivity contribution < 1.29 is 8.42 Å². The molecule has 1 aromatic heterocycles. The Bertz CT molecular complexity index is 563. The molecule has 2 aromatic rings. The first-order chi connectivity index (χ1) is 7.58. The van der Waals surface area contributed by atoms with Crippen LogP contribution in [0.15, 0.2) is 41.6 Å². The topological polar surface area (TPSA) is 74.8 Å². The predicted molar refractivity (Wildman–Crippen MR) is 60.8 cm³/mol. The van der Waals surface area contributed by atoms with Crippen molar-refractivity contribution in [2.75, 3.05) is 4.72 Å². The third kappa shape index (κ3) is 2.34. The molecule has 0 radical (unpaired) electrons. The van der Waals surface area contributed by atoms with Crippen LogP contribution in [0.2, 0.25) is 5.02 Å². The van der Waals surface area contributed by atoms with E-state index in [1.807, 2.05) is 0 Å². The van der Waals surface area contributed by atoms with E-state index in [2.05, 4.69) is 14.9 Å². The smallest absolute Gasteiger partial charge is 0.278 e. The van der Waals surface area contributed by atoms with E-state index in [0.29, 0.717) is 10.7 Å². The monoisotopic (exact) mass is 257 g/mol. The lowest BCUT2D eigenvalue weighted by Crippen LogP contribution is -2.13. The number of aromatic amines is 1. The van der Waals surface area contributed by atoms with Gasteiger partial charge in [-0.05, 0) is 30.3 Å². The SMILES string of the molecule is O=S(=O)(Nc1ccc(Cl)cc1)c1ccn[nH]1. The summed E-state index contributed by atoms with van der Waals surface area (Å²) in [5.74, 6) is 0. The van der Waals surface area contributed by atoms with Gasteiger partial charge in [0.1, 0.15) is 0 Å². The lowest BCUT2D eigenvalue weighted by molar-refractivity contribution is 0.597. The van der Waals surface area contributed by atoms with Gasteiger partial charge in [-0.1, -0.05) is 11.6 Å². The maximum absolute atomic E-state index is 11.7. The molecular formula is C9H8ClN3O2S. The highest BCUT2D eigenvalue weighted by Crippen LogP contribution is 2.16. The van der Waals surface area contributed by atoms with Crippen LogP contribution in [0.5, 0.6) is 0 Å². The molecule has 0 saturated carbocycles. The van der Waals surface area contributed by atoms with Gasteiger partial charge in [-0.15, -0.1) is 0 Å². The minimum atomic E-state index is -3.59. The molecule has 0 aliphatic carbocycles. The number of anilines is 1. The number of hydrogen-bond acceptors (Lipinski definition) is 3. The van der Waals surface area contributed by atoms with Crippen molar-refractivity contribution in [3.63, 3.8) is 0 Å². The van der Waals surface area contributed by atoms with Crippen molar-refractivity contribution in [3.8, 4) is 0 Å². The minimum absolute atomic E-state index is 0.0162. The van der Waals surface area contributed by atoms with Crippen molar-refractivity contribution in [2.24, 2.45) is 0 Å². The van der Waals surface area contributed by atoms with Gasteiger partial charge in [-0.25, -0.2) is 0 Å². The number of nitrogens with one attached hydrogen (secondary N) is 2. The Labute approximate surface area is 97.5 Å². The van der Waals surface area contributed by atoms with Crippen molar-refractivity contribution in [2.45, 2.75) is 5.03 Å². The molecule has 0 bridgehead atoms. The van der Waals surface area contributed by atoms with E-state index in [1.165, 1.54) is 12.3 Å². The summed E-state index contributed by atoms with van der Waals surface area (Å²) in [6.45, 7) is 0. The zero-order valence-corrected chi connectivity index (χ0v) is 9.59. The second kappa shape index (κ2) is 4.15. The lowest BCUT2D eigenvalue weighted by Gasteiger charge is -2.05. The number of rotatable bonds is 3. The van der Waals surface area contributed by atoms with E-state index >= 15 is 0 Å². The first-order valence-electron chi connectivity index (χ1n) is 4.36. The summed E-state index contributed by atoms with van der Waals surface area (Å²) >= 11 is 5.69. The number of aromatic nitrogens is 2. The van der Waals surface area contributed by atoms with Gasteiger partial charge in [0.15, 0.2) is 5.03 Å². The molecule has 1 heterocycles. The molecule has 0 aliphatic rings. The fourth-order valence-corrected chi connectivity index (χ4v) is 2.22. The Balaban J connectivity index is 2.25. The summed E-state index contributed by atoms with van der Waals surface area (Å²) < 4.78 is 25.9. The second-order valence-corrected chi connectivity index (χ2v) is 5.12. The summed E-state index contributed by atoms with van der Waals surface area (Å²) in [4.78, 5) is 0. The number of halogens is 1. The Kier molecular flexibility index (Phi) is 2.84. The average Bonchev–Trinajstić information content (AvgIpc) is 2.75. The normalized spacial score (nSPS) is 11.3. The fourth-order valence-electron chi connectivity index (χ4n) is 1.12. The number of benzene rings is 1. The van der Waals surface area contributed by atoms with Crippen molar-refractivity contribution in [1.29, 1.82) is 0 Å². The molecule has 5 nitrogen and oxygen atoms in total. The highest BCUT2D eigenvalue weighted by atomic mass is 35.5. The Morgan fingerprint density at radius 1 is 1.19 bits per heavy atom. The summed E-state index contributed by atoms with van der Waals surface area (Å²) in [5, 5.41) is 6.52. The molecule has 84 valence electrons. The molecule has 0 saturated heterocycles. The second-order valence-electron chi connectivity index (χ2n) is 3.03. The van der Waals surface area contributed by atoms with Crippen LogP contribution >= 0.6 is 11.6 Å². The zero-order chi connectivity index (χ0) is 11.6. The molecule has 0 atom stereocenters. The van der Waals surface area contributed by atoms with E-state index in [1.54, 1.807) is 24.3 Å². The molecule has 2 rings (SSSR count). The van der Waals surface area contributed by atoms with Gasteiger partial charge >= 0.3 is 0 Å². The van der Waals surface area contributed by atoms with E-state index < -0.39 is 10.0 Å². The number of nitrogens with zero attached hydrogens (tertiary/aromatic N) is 1. The molecule has 16 heavy (non-hydrogen) atoms. The van der Waals surface area contributed by atoms with Gasteiger partial charge in [0.05, 0.1) is 6.20 Å². The fraction of sp³-hybridized carbons (Fsp3) is 0. The van der Waals surface area contributed by atoms with Crippen molar-refractivity contribution in [3.05, 3.63) is 41.6 Å². The van der Waals surface area contributed by atoms with Crippen LogP contribution in [0.25, 0.3) is 0 Å². The first-order valence-corrected chi connectivity index (χ1v) is 6.22. The first kappa shape index (κ1) is 11.0. The van der Waals surface area contributed by atoms with Gasteiger partial charge in [-0.3, -0.25) is 9.82 Å². The van der Waals surface area contributed by atoms with Gasteiger partial charge in [0.25, 0.3) is 10.0 Å². The molecule has 0 amide bonds. The molecular weight excluding hydrogens is 250 g/mol. The van der Waals surface area contributed by atoms with Crippen LogP contribution in [-0.2, 0) is 10.0 Å². The predicted octanol–water partition coefficient (Wildman–Crippen LogP) is 1.86. The van der Waals surface area contributed by atoms with Crippen LogP contribution in [0.1, 0.15) is 0 Å².